The van der Waals surface area contributed by atoms with E-state index in [9.17, 15) is 20.1 Å². The van der Waals surface area contributed by atoms with Gasteiger partial charge < -0.3 is 24.9 Å². The van der Waals surface area contributed by atoms with Crippen LogP contribution in [0.4, 0.5) is 0 Å². The minimum absolute atomic E-state index is 0. The minimum Gasteiger partial charge on any atom is -0.545 e. The number of hydrogen-bond acceptors (Lipinski definition) is 5. The van der Waals surface area contributed by atoms with E-state index < -0.39 is 18.2 Å². The second-order valence-electron chi connectivity index (χ2n) is 8.70. The van der Waals surface area contributed by atoms with Crippen LogP contribution in [0.5, 0.6) is 0 Å². The molecule has 5 atom stereocenters. The summed E-state index contributed by atoms with van der Waals surface area (Å²) in [6.07, 6.45) is 11.9. The zero-order valence-electron chi connectivity index (χ0n) is 17.6. The maximum absolute atomic E-state index is 11.1. The Balaban J connectivity index is 0.00000256. The van der Waals surface area contributed by atoms with Gasteiger partial charge in [0, 0.05) is 24.7 Å². The molecule has 1 saturated heterocycles. The molecule has 4 rings (SSSR count). The molecule has 3 fully saturated rings. The first kappa shape index (κ1) is 23.6. The zero-order chi connectivity index (χ0) is 20.4. The fourth-order valence-corrected chi connectivity index (χ4v) is 5.16. The molecule has 6 heteroatoms. The van der Waals surface area contributed by atoms with Crippen LogP contribution >= 0.6 is 0 Å². The SMILES string of the molecule is O=C([O-])c1cccc(C=C2C[C@@H]3[C@@H](C=C[C@@H](O)C4CCCCC4)[C@H](O)C[C@@H]3O2)c1.[Na+]. The number of aliphatic hydroxyl groups excluding tert-OH is 2. The first-order valence-electron chi connectivity index (χ1n) is 10.7. The van der Waals surface area contributed by atoms with Crippen molar-refractivity contribution in [3.8, 4) is 0 Å². The van der Waals surface area contributed by atoms with Crippen LogP contribution in [-0.2, 0) is 4.74 Å². The fourth-order valence-electron chi connectivity index (χ4n) is 5.16. The molecule has 0 amide bonds. The summed E-state index contributed by atoms with van der Waals surface area (Å²) in [5, 5.41) is 32.1. The molecule has 0 spiro atoms. The summed E-state index contributed by atoms with van der Waals surface area (Å²) in [5.74, 6) is 0.0997. The van der Waals surface area contributed by atoms with Gasteiger partial charge in [0.05, 0.1) is 23.9 Å². The number of aliphatic hydroxyl groups is 2. The van der Waals surface area contributed by atoms with Gasteiger partial charge in [0.15, 0.2) is 0 Å². The summed E-state index contributed by atoms with van der Waals surface area (Å²) >= 11 is 0. The van der Waals surface area contributed by atoms with Crippen LogP contribution in [-0.4, -0.2) is 34.5 Å². The Labute approximate surface area is 200 Å². The maximum atomic E-state index is 11.1. The first-order chi connectivity index (χ1) is 14.0. The summed E-state index contributed by atoms with van der Waals surface area (Å²) in [7, 11) is 0. The van der Waals surface area contributed by atoms with Crippen molar-refractivity contribution in [2.75, 3.05) is 0 Å². The molecule has 5 nitrogen and oxygen atoms in total. The summed E-state index contributed by atoms with van der Waals surface area (Å²) in [6, 6.07) is 6.61. The van der Waals surface area contributed by atoms with E-state index in [1.54, 1.807) is 12.1 Å². The van der Waals surface area contributed by atoms with E-state index >= 15 is 0 Å². The van der Waals surface area contributed by atoms with Gasteiger partial charge in [-0.15, -0.1) is 0 Å². The molecule has 2 saturated carbocycles. The zero-order valence-corrected chi connectivity index (χ0v) is 19.6. The number of rotatable bonds is 5. The van der Waals surface area contributed by atoms with Crippen molar-refractivity contribution >= 4 is 12.0 Å². The van der Waals surface area contributed by atoms with Gasteiger partial charge in [-0.2, -0.15) is 0 Å². The number of benzene rings is 1. The number of carboxylic acid groups (broad SMARTS) is 1. The van der Waals surface area contributed by atoms with Crippen molar-refractivity contribution in [1.29, 1.82) is 0 Å². The van der Waals surface area contributed by atoms with Gasteiger partial charge in [0.1, 0.15) is 6.10 Å². The van der Waals surface area contributed by atoms with Crippen molar-refractivity contribution in [3.63, 3.8) is 0 Å². The third-order valence-corrected chi connectivity index (χ3v) is 6.74. The number of carbonyl (C=O) groups excluding carboxylic acids is 1. The molecule has 0 unspecified atom stereocenters. The molecule has 0 bridgehead atoms. The van der Waals surface area contributed by atoms with Gasteiger partial charge in [-0.05, 0) is 42.0 Å². The molecular weight excluding hydrogens is 391 g/mol. The quantitative estimate of drug-likeness (QED) is 0.503. The van der Waals surface area contributed by atoms with E-state index in [1.807, 2.05) is 24.3 Å². The second-order valence-corrected chi connectivity index (χ2v) is 8.70. The largest absolute Gasteiger partial charge is 1.00 e. The van der Waals surface area contributed by atoms with E-state index in [-0.39, 0.29) is 53.1 Å². The smallest absolute Gasteiger partial charge is 0.545 e. The molecule has 1 aromatic carbocycles. The van der Waals surface area contributed by atoms with Crippen LogP contribution in [0.3, 0.4) is 0 Å². The predicted molar refractivity (Wildman–Crippen MR) is 108 cm³/mol. The second kappa shape index (κ2) is 10.5. The van der Waals surface area contributed by atoms with Gasteiger partial charge in [0.25, 0.3) is 0 Å². The van der Waals surface area contributed by atoms with Gasteiger partial charge in [0.2, 0.25) is 0 Å². The van der Waals surface area contributed by atoms with Crippen LogP contribution in [0.15, 0.2) is 42.2 Å². The van der Waals surface area contributed by atoms with Crippen molar-refractivity contribution in [2.45, 2.75) is 63.3 Å². The molecule has 2 N–H and O–H groups in total. The molecular formula is C24H29NaO5. The predicted octanol–water partition coefficient (Wildman–Crippen LogP) is -0.322. The number of ether oxygens (including phenoxy) is 1. The number of allylic oxidation sites excluding steroid dienone is 1. The Kier molecular flexibility index (Phi) is 8.22. The molecule has 156 valence electrons. The van der Waals surface area contributed by atoms with Crippen molar-refractivity contribution in [1.82, 2.24) is 0 Å². The molecule has 3 aliphatic rings. The normalized spacial score (nSPS) is 31.3. The molecule has 1 aromatic rings. The Morgan fingerprint density at radius 3 is 2.73 bits per heavy atom. The van der Waals surface area contributed by atoms with Crippen LogP contribution in [0.25, 0.3) is 6.08 Å². The Morgan fingerprint density at radius 2 is 2.00 bits per heavy atom. The molecule has 0 aromatic heterocycles. The number of carboxylic acids is 1. The molecule has 1 aliphatic heterocycles. The van der Waals surface area contributed by atoms with Gasteiger partial charge in [-0.1, -0.05) is 49.6 Å². The Hall–Kier alpha value is -1.11. The summed E-state index contributed by atoms with van der Waals surface area (Å²) < 4.78 is 6.06. The average Bonchev–Trinajstić information content (AvgIpc) is 3.23. The third-order valence-electron chi connectivity index (χ3n) is 6.74. The number of carbonyl (C=O) groups is 1. The molecule has 0 radical (unpaired) electrons. The topological polar surface area (TPSA) is 89.8 Å². The maximum Gasteiger partial charge on any atom is 1.00 e. The molecule has 1 heterocycles. The van der Waals surface area contributed by atoms with Crippen LogP contribution in [0.1, 0.15) is 60.9 Å². The summed E-state index contributed by atoms with van der Waals surface area (Å²) in [4.78, 5) is 11.1. The first-order valence-corrected chi connectivity index (χ1v) is 10.7. The van der Waals surface area contributed by atoms with Crippen molar-refractivity contribution in [3.05, 3.63) is 53.3 Å². The van der Waals surface area contributed by atoms with Crippen molar-refractivity contribution in [2.24, 2.45) is 17.8 Å². The number of aromatic carboxylic acids is 1. The van der Waals surface area contributed by atoms with Gasteiger partial charge >= 0.3 is 29.6 Å². The summed E-state index contributed by atoms with van der Waals surface area (Å²) in [6.45, 7) is 0. The Bertz CT molecular complexity index is 799. The molecule has 30 heavy (non-hydrogen) atoms. The minimum atomic E-state index is -1.20. The summed E-state index contributed by atoms with van der Waals surface area (Å²) in [5.41, 5.74) is 0.910. The monoisotopic (exact) mass is 420 g/mol. The molecule has 2 aliphatic carbocycles. The number of fused-ring (bicyclic) bond motifs is 1. The van der Waals surface area contributed by atoms with Crippen LogP contribution < -0.4 is 34.7 Å². The Morgan fingerprint density at radius 1 is 1.23 bits per heavy atom. The van der Waals surface area contributed by atoms with Gasteiger partial charge in [-0.3, -0.25) is 0 Å². The third kappa shape index (κ3) is 5.38. The van der Waals surface area contributed by atoms with E-state index in [2.05, 4.69) is 0 Å². The van der Waals surface area contributed by atoms with Crippen LogP contribution in [0.2, 0.25) is 0 Å². The van der Waals surface area contributed by atoms with Gasteiger partial charge in [-0.25, -0.2) is 0 Å². The van der Waals surface area contributed by atoms with E-state index in [0.717, 1.165) is 24.2 Å². The van der Waals surface area contributed by atoms with E-state index in [1.165, 1.54) is 25.3 Å². The van der Waals surface area contributed by atoms with E-state index in [4.69, 9.17) is 4.74 Å². The van der Waals surface area contributed by atoms with Crippen molar-refractivity contribution < 1.29 is 54.4 Å². The number of hydrogen-bond donors (Lipinski definition) is 2. The standard InChI is InChI=1S/C24H30O5.Na/c25-21(16-6-2-1-3-7-16)10-9-19-20-13-18(29-23(20)14-22(19)26)12-15-5-4-8-17(11-15)24(27)28;/h4-5,8-12,16,19-23,25-26H,1-3,6-7,13-14H2,(H,27,28);/q;+1/p-1/t19-,20-,21-,22-,23+;/m1./s1. The fraction of sp³-hybridized carbons (Fsp3) is 0.542. The average molecular weight is 420 g/mol. The van der Waals surface area contributed by atoms with E-state index in [0.29, 0.717) is 18.8 Å². The van der Waals surface area contributed by atoms with Crippen LogP contribution in [0, 0.1) is 17.8 Å².